The normalized spacial score (nSPS) is 10.2. The van der Waals surface area contributed by atoms with Gasteiger partial charge in [-0.25, -0.2) is 4.39 Å². The van der Waals surface area contributed by atoms with Crippen LogP contribution >= 0.6 is 11.6 Å². The molecule has 0 amide bonds. The van der Waals surface area contributed by atoms with Gasteiger partial charge in [0.15, 0.2) is 17.9 Å². The van der Waals surface area contributed by atoms with Gasteiger partial charge in [0.1, 0.15) is 5.75 Å². The predicted octanol–water partition coefficient (Wildman–Crippen LogP) is 4.22. The Morgan fingerprint density at radius 2 is 1.94 bits per heavy atom. The van der Waals surface area contributed by atoms with Crippen LogP contribution in [0.3, 0.4) is 0 Å². The number of rotatable bonds is 3. The highest BCUT2D eigenvalue weighted by atomic mass is 35.5. The molecule has 0 aliphatic rings. The van der Waals surface area contributed by atoms with Crippen LogP contribution in [-0.4, -0.2) is 6.29 Å². The van der Waals surface area contributed by atoms with Crippen molar-refractivity contribution in [1.29, 1.82) is 0 Å². The van der Waals surface area contributed by atoms with Gasteiger partial charge in [0.05, 0.1) is 5.02 Å². The van der Waals surface area contributed by atoms with E-state index in [2.05, 4.69) is 0 Å². The zero-order valence-electron chi connectivity index (χ0n) is 8.99. The molecule has 0 N–H and O–H groups in total. The lowest BCUT2D eigenvalue weighted by Crippen LogP contribution is -1.92. The van der Waals surface area contributed by atoms with E-state index in [0.717, 1.165) is 6.07 Å². The lowest BCUT2D eigenvalue weighted by atomic mass is 10.2. The quantitative estimate of drug-likeness (QED) is 0.779. The fourth-order valence-electron chi connectivity index (χ4n) is 1.36. The molecule has 0 aromatic heterocycles. The minimum atomic E-state index is -1.08. The molecule has 0 radical (unpaired) electrons. The van der Waals surface area contributed by atoms with Crippen molar-refractivity contribution in [3.63, 3.8) is 0 Å². The average molecular weight is 269 g/mol. The standard InChI is InChI=1S/C13H7ClF2O2/c14-10-6-9(5-4-8(10)7-17)18-12-3-1-2-11(15)13(12)16/h1-7H. The number of hydrogen-bond donors (Lipinski definition) is 0. The Balaban J connectivity index is 2.31. The topological polar surface area (TPSA) is 26.3 Å². The fourth-order valence-corrected chi connectivity index (χ4v) is 1.57. The number of hydrogen-bond acceptors (Lipinski definition) is 2. The van der Waals surface area contributed by atoms with Crippen LogP contribution in [0, 0.1) is 11.6 Å². The highest BCUT2D eigenvalue weighted by Gasteiger charge is 2.10. The molecule has 0 atom stereocenters. The number of carbonyl (C=O) groups is 1. The van der Waals surface area contributed by atoms with Crippen LogP contribution < -0.4 is 4.74 Å². The lowest BCUT2D eigenvalue weighted by Gasteiger charge is -2.07. The van der Waals surface area contributed by atoms with Gasteiger partial charge in [-0.1, -0.05) is 17.7 Å². The second-order valence-electron chi connectivity index (χ2n) is 3.46. The van der Waals surface area contributed by atoms with Crippen molar-refractivity contribution in [2.75, 3.05) is 0 Å². The van der Waals surface area contributed by atoms with Gasteiger partial charge in [0.25, 0.3) is 0 Å². The first-order chi connectivity index (χ1) is 8.61. The molecule has 2 rings (SSSR count). The highest BCUT2D eigenvalue weighted by molar-refractivity contribution is 6.33. The summed E-state index contributed by atoms with van der Waals surface area (Å²) in [5, 5.41) is 0.180. The number of benzene rings is 2. The van der Waals surface area contributed by atoms with Gasteiger partial charge in [0, 0.05) is 11.6 Å². The summed E-state index contributed by atoms with van der Waals surface area (Å²) in [4.78, 5) is 10.6. The molecule has 2 aromatic carbocycles. The van der Waals surface area contributed by atoms with E-state index >= 15 is 0 Å². The minimum absolute atomic E-state index is 0.180. The summed E-state index contributed by atoms with van der Waals surface area (Å²) >= 11 is 5.79. The van der Waals surface area contributed by atoms with Gasteiger partial charge in [0.2, 0.25) is 5.82 Å². The van der Waals surface area contributed by atoms with E-state index in [1.807, 2.05) is 0 Å². The number of carbonyl (C=O) groups excluding carboxylic acids is 1. The molecule has 0 aliphatic heterocycles. The highest BCUT2D eigenvalue weighted by Crippen LogP contribution is 2.28. The first-order valence-corrected chi connectivity index (χ1v) is 5.36. The van der Waals surface area contributed by atoms with Crippen LogP contribution in [0.4, 0.5) is 8.78 Å². The lowest BCUT2D eigenvalue weighted by molar-refractivity contribution is 0.112. The number of ether oxygens (including phenoxy) is 1. The van der Waals surface area contributed by atoms with Crippen LogP contribution in [0.2, 0.25) is 5.02 Å². The molecule has 92 valence electrons. The van der Waals surface area contributed by atoms with Crippen LogP contribution in [0.5, 0.6) is 11.5 Å². The third kappa shape index (κ3) is 2.49. The first-order valence-electron chi connectivity index (χ1n) is 4.98. The zero-order valence-corrected chi connectivity index (χ0v) is 9.75. The van der Waals surface area contributed by atoms with E-state index in [-0.39, 0.29) is 16.5 Å². The van der Waals surface area contributed by atoms with Gasteiger partial charge < -0.3 is 4.74 Å². The van der Waals surface area contributed by atoms with E-state index in [1.165, 1.54) is 30.3 Å². The molecule has 0 unspecified atom stereocenters. The summed E-state index contributed by atoms with van der Waals surface area (Å²) in [5.74, 6) is -2.10. The second-order valence-corrected chi connectivity index (χ2v) is 3.86. The van der Waals surface area contributed by atoms with Crippen molar-refractivity contribution in [3.05, 3.63) is 58.6 Å². The van der Waals surface area contributed by atoms with Gasteiger partial charge in [-0.15, -0.1) is 0 Å². The van der Waals surface area contributed by atoms with Crippen LogP contribution in [0.15, 0.2) is 36.4 Å². The van der Waals surface area contributed by atoms with Crippen LogP contribution in [-0.2, 0) is 0 Å². The molecule has 0 aliphatic carbocycles. The summed E-state index contributed by atoms with van der Waals surface area (Å²) in [6.45, 7) is 0. The maximum Gasteiger partial charge on any atom is 0.201 e. The van der Waals surface area contributed by atoms with Crippen molar-refractivity contribution in [1.82, 2.24) is 0 Å². The number of aldehydes is 1. The van der Waals surface area contributed by atoms with Crippen LogP contribution in [0.1, 0.15) is 10.4 Å². The van der Waals surface area contributed by atoms with Gasteiger partial charge in [-0.05, 0) is 24.3 Å². The molecular weight excluding hydrogens is 262 g/mol. The second kappa shape index (κ2) is 5.14. The summed E-state index contributed by atoms with van der Waals surface area (Å²) in [6, 6.07) is 7.84. The molecule has 0 spiro atoms. The van der Waals surface area contributed by atoms with Gasteiger partial charge in [-0.3, -0.25) is 4.79 Å². The van der Waals surface area contributed by atoms with Gasteiger partial charge >= 0.3 is 0 Å². The van der Waals surface area contributed by atoms with E-state index < -0.39 is 11.6 Å². The molecule has 0 saturated carbocycles. The van der Waals surface area contributed by atoms with E-state index in [9.17, 15) is 13.6 Å². The van der Waals surface area contributed by atoms with Crippen molar-refractivity contribution in [2.24, 2.45) is 0 Å². The summed E-state index contributed by atoms with van der Waals surface area (Å²) in [6.07, 6.45) is 0.592. The molecule has 2 aromatic rings. The molecule has 5 heteroatoms. The fraction of sp³-hybridized carbons (Fsp3) is 0. The molecule has 18 heavy (non-hydrogen) atoms. The first kappa shape index (κ1) is 12.5. The minimum Gasteiger partial charge on any atom is -0.454 e. The average Bonchev–Trinajstić information content (AvgIpc) is 2.35. The molecule has 0 saturated heterocycles. The van der Waals surface area contributed by atoms with E-state index in [0.29, 0.717) is 11.8 Å². The molecule has 0 heterocycles. The predicted molar refractivity (Wildman–Crippen MR) is 63.3 cm³/mol. The Hall–Kier alpha value is -1.94. The molecule has 0 fully saturated rings. The Morgan fingerprint density at radius 3 is 2.61 bits per heavy atom. The Labute approximate surface area is 107 Å². The maximum atomic E-state index is 13.3. The summed E-state index contributed by atoms with van der Waals surface area (Å²) in [5.41, 5.74) is 0.295. The Kier molecular flexibility index (Phi) is 3.58. The van der Waals surface area contributed by atoms with Crippen molar-refractivity contribution in [3.8, 4) is 11.5 Å². The number of halogens is 3. The molecular formula is C13H7ClF2O2. The van der Waals surface area contributed by atoms with Crippen molar-refractivity contribution < 1.29 is 18.3 Å². The Morgan fingerprint density at radius 1 is 1.17 bits per heavy atom. The smallest absolute Gasteiger partial charge is 0.201 e. The van der Waals surface area contributed by atoms with E-state index in [4.69, 9.17) is 16.3 Å². The maximum absolute atomic E-state index is 13.3. The van der Waals surface area contributed by atoms with Crippen molar-refractivity contribution >= 4 is 17.9 Å². The summed E-state index contributed by atoms with van der Waals surface area (Å²) < 4.78 is 31.5. The Bertz CT molecular complexity index is 600. The monoisotopic (exact) mass is 268 g/mol. The SMILES string of the molecule is O=Cc1ccc(Oc2cccc(F)c2F)cc1Cl. The third-order valence-corrected chi connectivity index (χ3v) is 2.57. The van der Waals surface area contributed by atoms with Crippen LogP contribution in [0.25, 0.3) is 0 Å². The van der Waals surface area contributed by atoms with E-state index in [1.54, 1.807) is 0 Å². The summed E-state index contributed by atoms with van der Waals surface area (Å²) in [7, 11) is 0. The molecule has 0 bridgehead atoms. The largest absolute Gasteiger partial charge is 0.454 e. The van der Waals surface area contributed by atoms with Gasteiger partial charge in [-0.2, -0.15) is 4.39 Å². The van der Waals surface area contributed by atoms with Crippen molar-refractivity contribution in [2.45, 2.75) is 0 Å². The molecule has 2 nitrogen and oxygen atoms in total. The zero-order chi connectivity index (χ0) is 13.1. The third-order valence-electron chi connectivity index (χ3n) is 2.24.